The van der Waals surface area contributed by atoms with Crippen LogP contribution in [-0.4, -0.2) is 42.6 Å². The molecule has 2 unspecified atom stereocenters. The molecule has 2 fully saturated rings. The minimum absolute atomic E-state index is 0.145. The second-order valence-electron chi connectivity index (χ2n) is 5.64. The van der Waals surface area contributed by atoms with Crippen molar-refractivity contribution in [3.05, 3.63) is 0 Å². The number of ether oxygens (including phenoxy) is 1. The first-order chi connectivity index (χ1) is 8.09. The van der Waals surface area contributed by atoms with Gasteiger partial charge in [-0.05, 0) is 26.7 Å². The summed E-state index contributed by atoms with van der Waals surface area (Å²) in [5.41, 5.74) is 5.61. The summed E-state index contributed by atoms with van der Waals surface area (Å²) in [4.78, 5) is 14.7. The summed E-state index contributed by atoms with van der Waals surface area (Å²) in [6.45, 7) is 5.93. The van der Waals surface area contributed by atoms with Gasteiger partial charge in [0.15, 0.2) is 0 Å². The van der Waals surface area contributed by atoms with Gasteiger partial charge in [-0.2, -0.15) is 0 Å². The molecule has 1 saturated carbocycles. The van der Waals surface area contributed by atoms with Crippen molar-refractivity contribution >= 4 is 5.91 Å². The summed E-state index contributed by atoms with van der Waals surface area (Å²) in [6.07, 6.45) is 4.34. The Hall–Kier alpha value is -0.610. The van der Waals surface area contributed by atoms with Gasteiger partial charge in [0.2, 0.25) is 5.91 Å². The zero-order valence-electron chi connectivity index (χ0n) is 10.9. The van der Waals surface area contributed by atoms with E-state index in [9.17, 15) is 4.79 Å². The van der Waals surface area contributed by atoms with Crippen molar-refractivity contribution in [1.29, 1.82) is 0 Å². The Balaban J connectivity index is 2.12. The Morgan fingerprint density at radius 2 is 2.06 bits per heavy atom. The summed E-state index contributed by atoms with van der Waals surface area (Å²) in [5, 5.41) is 0. The van der Waals surface area contributed by atoms with Crippen LogP contribution in [0.15, 0.2) is 0 Å². The van der Waals surface area contributed by atoms with Gasteiger partial charge in [0, 0.05) is 13.1 Å². The number of amides is 1. The van der Waals surface area contributed by atoms with Crippen LogP contribution in [0.3, 0.4) is 0 Å². The van der Waals surface area contributed by atoms with Gasteiger partial charge in [-0.15, -0.1) is 0 Å². The van der Waals surface area contributed by atoms with E-state index in [1.54, 1.807) is 0 Å². The van der Waals surface area contributed by atoms with E-state index in [-0.39, 0.29) is 23.5 Å². The topological polar surface area (TPSA) is 55.6 Å². The fraction of sp³-hybridized carbons (Fsp3) is 0.923. The van der Waals surface area contributed by atoms with E-state index in [0.29, 0.717) is 19.7 Å². The molecule has 1 aliphatic heterocycles. The minimum atomic E-state index is -0.272. The third-order valence-electron chi connectivity index (χ3n) is 4.27. The van der Waals surface area contributed by atoms with E-state index in [2.05, 4.69) is 6.92 Å². The number of nitrogens with two attached hydrogens (primary N) is 1. The van der Waals surface area contributed by atoms with E-state index in [1.807, 2.05) is 11.8 Å². The predicted octanol–water partition coefficient (Wildman–Crippen LogP) is 1.14. The number of morpholine rings is 1. The van der Waals surface area contributed by atoms with E-state index in [0.717, 1.165) is 25.7 Å². The van der Waals surface area contributed by atoms with E-state index < -0.39 is 0 Å². The first kappa shape index (κ1) is 12.8. The minimum Gasteiger partial charge on any atom is -0.375 e. The molecule has 1 amide bonds. The lowest BCUT2D eigenvalue weighted by Crippen LogP contribution is -2.56. The van der Waals surface area contributed by atoms with Crippen LogP contribution in [0.25, 0.3) is 0 Å². The number of hydrogen-bond acceptors (Lipinski definition) is 3. The predicted molar refractivity (Wildman–Crippen MR) is 66.5 cm³/mol. The molecule has 17 heavy (non-hydrogen) atoms. The molecule has 2 N–H and O–H groups in total. The summed E-state index contributed by atoms with van der Waals surface area (Å²) >= 11 is 0. The van der Waals surface area contributed by atoms with Crippen LogP contribution in [0.5, 0.6) is 0 Å². The first-order valence-corrected chi connectivity index (χ1v) is 6.72. The van der Waals surface area contributed by atoms with Crippen LogP contribution in [0.2, 0.25) is 0 Å². The van der Waals surface area contributed by atoms with E-state index in [1.165, 1.54) is 0 Å². The molecule has 4 nitrogen and oxygen atoms in total. The molecule has 1 aliphatic carbocycles. The maximum absolute atomic E-state index is 12.7. The zero-order valence-corrected chi connectivity index (χ0v) is 10.9. The quantitative estimate of drug-likeness (QED) is 0.787. The standard InChI is InChI=1S/C13H24N2O2/c1-10-8-17-11(2)7-15(10)12(16)13(9-14)5-3-4-6-13/h10-11H,3-9,14H2,1-2H3. The molecular formula is C13H24N2O2. The van der Waals surface area contributed by atoms with Crippen LogP contribution in [0.4, 0.5) is 0 Å². The molecule has 2 rings (SSSR count). The van der Waals surface area contributed by atoms with Gasteiger partial charge >= 0.3 is 0 Å². The molecule has 98 valence electrons. The average Bonchev–Trinajstić information content (AvgIpc) is 2.81. The van der Waals surface area contributed by atoms with Gasteiger partial charge in [-0.1, -0.05) is 12.8 Å². The lowest BCUT2D eigenvalue weighted by atomic mass is 9.84. The molecule has 2 aliphatic rings. The third kappa shape index (κ3) is 2.33. The number of hydrogen-bond donors (Lipinski definition) is 1. The van der Waals surface area contributed by atoms with Crippen molar-refractivity contribution in [2.45, 2.75) is 51.7 Å². The van der Waals surface area contributed by atoms with Crippen molar-refractivity contribution in [3.8, 4) is 0 Å². The van der Waals surface area contributed by atoms with Crippen LogP contribution in [0, 0.1) is 5.41 Å². The summed E-state index contributed by atoms with van der Waals surface area (Å²) in [7, 11) is 0. The normalized spacial score (nSPS) is 32.8. The summed E-state index contributed by atoms with van der Waals surface area (Å²) in [5.74, 6) is 0.264. The Labute approximate surface area is 103 Å². The molecule has 1 saturated heterocycles. The van der Waals surface area contributed by atoms with Gasteiger partial charge in [0.05, 0.1) is 24.2 Å². The number of rotatable bonds is 2. The monoisotopic (exact) mass is 240 g/mol. The number of carbonyl (C=O) groups is 1. The first-order valence-electron chi connectivity index (χ1n) is 6.72. The van der Waals surface area contributed by atoms with E-state index >= 15 is 0 Å². The number of nitrogens with zero attached hydrogens (tertiary/aromatic N) is 1. The third-order valence-corrected chi connectivity index (χ3v) is 4.27. The second kappa shape index (κ2) is 4.94. The fourth-order valence-corrected chi connectivity index (χ4v) is 3.05. The van der Waals surface area contributed by atoms with Crippen molar-refractivity contribution in [2.75, 3.05) is 19.7 Å². The van der Waals surface area contributed by atoms with E-state index in [4.69, 9.17) is 10.5 Å². The molecule has 0 aromatic carbocycles. The van der Waals surface area contributed by atoms with Crippen LogP contribution < -0.4 is 5.73 Å². The highest BCUT2D eigenvalue weighted by molar-refractivity contribution is 5.83. The molecule has 4 heteroatoms. The SMILES string of the molecule is CC1CN(C(=O)C2(CN)CCCC2)C(C)CO1. The van der Waals surface area contributed by atoms with Crippen molar-refractivity contribution in [3.63, 3.8) is 0 Å². The lowest BCUT2D eigenvalue weighted by Gasteiger charge is -2.41. The van der Waals surface area contributed by atoms with Crippen LogP contribution >= 0.6 is 0 Å². The molecule has 0 aromatic rings. The molecule has 0 spiro atoms. The zero-order chi connectivity index (χ0) is 12.5. The molecule has 2 atom stereocenters. The van der Waals surface area contributed by atoms with Crippen LogP contribution in [-0.2, 0) is 9.53 Å². The maximum atomic E-state index is 12.7. The van der Waals surface area contributed by atoms with Crippen molar-refractivity contribution in [2.24, 2.45) is 11.1 Å². The smallest absolute Gasteiger partial charge is 0.230 e. The highest BCUT2D eigenvalue weighted by atomic mass is 16.5. The lowest BCUT2D eigenvalue weighted by molar-refractivity contribution is -0.153. The van der Waals surface area contributed by atoms with Gasteiger partial charge in [-0.3, -0.25) is 4.79 Å². The van der Waals surface area contributed by atoms with Crippen LogP contribution in [0.1, 0.15) is 39.5 Å². The molecule has 0 aromatic heterocycles. The molecule has 0 radical (unpaired) electrons. The van der Waals surface area contributed by atoms with Gasteiger partial charge in [0.1, 0.15) is 0 Å². The maximum Gasteiger partial charge on any atom is 0.230 e. The average molecular weight is 240 g/mol. The Bertz CT molecular complexity index is 287. The van der Waals surface area contributed by atoms with Crippen molar-refractivity contribution < 1.29 is 9.53 Å². The summed E-state index contributed by atoms with van der Waals surface area (Å²) < 4.78 is 5.57. The Kier molecular flexibility index (Phi) is 3.73. The highest BCUT2D eigenvalue weighted by Crippen LogP contribution is 2.39. The second-order valence-corrected chi connectivity index (χ2v) is 5.64. The van der Waals surface area contributed by atoms with Gasteiger partial charge in [-0.25, -0.2) is 0 Å². The van der Waals surface area contributed by atoms with Crippen molar-refractivity contribution in [1.82, 2.24) is 4.90 Å². The van der Waals surface area contributed by atoms with Gasteiger partial charge in [0.25, 0.3) is 0 Å². The Morgan fingerprint density at radius 1 is 1.41 bits per heavy atom. The fourth-order valence-electron chi connectivity index (χ4n) is 3.05. The van der Waals surface area contributed by atoms with Gasteiger partial charge < -0.3 is 15.4 Å². The molecule has 1 heterocycles. The Morgan fingerprint density at radius 3 is 2.65 bits per heavy atom. The molecular weight excluding hydrogens is 216 g/mol. The highest BCUT2D eigenvalue weighted by Gasteiger charge is 2.44. The number of carbonyl (C=O) groups excluding carboxylic acids is 1. The summed E-state index contributed by atoms with van der Waals surface area (Å²) in [6, 6.07) is 0.183. The largest absolute Gasteiger partial charge is 0.375 e. The molecule has 0 bridgehead atoms.